The number of ether oxygens (including phenoxy) is 1. The third kappa shape index (κ3) is 3.09. The average Bonchev–Trinajstić information content (AvgIpc) is 3.19. The van der Waals surface area contributed by atoms with Gasteiger partial charge in [-0.15, -0.1) is 0 Å². The number of nitrogens with zero attached hydrogens (tertiary/aromatic N) is 2. The molecule has 6 nitrogen and oxygen atoms in total. The molecular weight excluding hydrogens is 354 g/mol. The molecule has 1 N–H and O–H groups in total. The van der Waals surface area contributed by atoms with Crippen molar-refractivity contribution in [2.75, 3.05) is 26.7 Å². The molecule has 150 valence electrons. The summed E-state index contributed by atoms with van der Waals surface area (Å²) in [6.45, 7) is 5.98. The highest BCUT2D eigenvalue weighted by Gasteiger charge is 2.51. The quantitative estimate of drug-likeness (QED) is 0.863. The maximum atomic E-state index is 13.3. The van der Waals surface area contributed by atoms with Crippen LogP contribution in [0.1, 0.15) is 32.3 Å². The molecule has 0 spiro atoms. The first kappa shape index (κ1) is 19.0. The monoisotopic (exact) mass is 383 g/mol. The van der Waals surface area contributed by atoms with Crippen molar-refractivity contribution in [3.63, 3.8) is 0 Å². The minimum atomic E-state index is -0.415. The zero-order valence-electron chi connectivity index (χ0n) is 16.9. The van der Waals surface area contributed by atoms with Crippen LogP contribution in [0.25, 0.3) is 0 Å². The Labute approximate surface area is 166 Å². The lowest BCUT2D eigenvalue weighted by molar-refractivity contribution is -0.135. The van der Waals surface area contributed by atoms with Gasteiger partial charge in [-0.1, -0.05) is 30.3 Å². The second-order valence-electron chi connectivity index (χ2n) is 8.38. The van der Waals surface area contributed by atoms with Gasteiger partial charge in [0.1, 0.15) is 0 Å². The fourth-order valence-corrected chi connectivity index (χ4v) is 4.61. The van der Waals surface area contributed by atoms with E-state index in [2.05, 4.69) is 5.32 Å². The molecule has 4 rings (SSSR count). The SMILES string of the molecule is CN1C(=O)C2=C(NCCN(C(=O)Cc3ccccc3)C2C2CCCO2)C1(C)C. The van der Waals surface area contributed by atoms with E-state index in [1.54, 1.807) is 4.90 Å². The summed E-state index contributed by atoms with van der Waals surface area (Å²) in [5.74, 6) is 0.0369. The highest BCUT2D eigenvalue weighted by molar-refractivity contribution is 6.00. The normalized spacial score (nSPS) is 26.9. The van der Waals surface area contributed by atoms with E-state index in [1.807, 2.05) is 56.1 Å². The fraction of sp³-hybridized carbons (Fsp3) is 0.545. The second kappa shape index (κ2) is 7.24. The van der Waals surface area contributed by atoms with Gasteiger partial charge in [0.15, 0.2) is 0 Å². The van der Waals surface area contributed by atoms with Gasteiger partial charge in [-0.2, -0.15) is 0 Å². The summed E-state index contributed by atoms with van der Waals surface area (Å²) in [5.41, 5.74) is 2.22. The van der Waals surface area contributed by atoms with Crippen LogP contribution in [0.3, 0.4) is 0 Å². The van der Waals surface area contributed by atoms with Crippen molar-refractivity contribution in [1.29, 1.82) is 0 Å². The van der Waals surface area contributed by atoms with Crippen LogP contribution in [0.4, 0.5) is 0 Å². The maximum absolute atomic E-state index is 13.3. The van der Waals surface area contributed by atoms with Crippen LogP contribution in [0, 0.1) is 0 Å². The first-order valence-electron chi connectivity index (χ1n) is 10.1. The number of carbonyl (C=O) groups excluding carboxylic acids is 2. The Morgan fingerprint density at radius 2 is 2.04 bits per heavy atom. The van der Waals surface area contributed by atoms with E-state index in [4.69, 9.17) is 4.74 Å². The molecule has 0 saturated carbocycles. The lowest BCUT2D eigenvalue weighted by Crippen LogP contribution is -2.51. The Kier molecular flexibility index (Phi) is 4.91. The molecule has 1 aromatic rings. The van der Waals surface area contributed by atoms with E-state index in [0.717, 1.165) is 24.1 Å². The lowest BCUT2D eigenvalue weighted by Gasteiger charge is -2.35. The number of likely N-dealkylation sites (N-methyl/N-ethyl adjacent to an activating group) is 1. The van der Waals surface area contributed by atoms with E-state index in [1.165, 1.54) is 0 Å². The third-order valence-corrected chi connectivity index (χ3v) is 6.38. The minimum absolute atomic E-state index is 0.00703. The van der Waals surface area contributed by atoms with Crippen LogP contribution in [0.5, 0.6) is 0 Å². The number of carbonyl (C=O) groups is 2. The molecule has 0 bridgehead atoms. The minimum Gasteiger partial charge on any atom is -0.384 e. The zero-order chi connectivity index (χ0) is 19.9. The molecule has 0 aliphatic carbocycles. The van der Waals surface area contributed by atoms with Gasteiger partial charge in [-0.05, 0) is 32.3 Å². The van der Waals surface area contributed by atoms with E-state index >= 15 is 0 Å². The first-order chi connectivity index (χ1) is 13.4. The van der Waals surface area contributed by atoms with Crippen LogP contribution in [0.15, 0.2) is 41.6 Å². The maximum Gasteiger partial charge on any atom is 0.254 e. The summed E-state index contributed by atoms with van der Waals surface area (Å²) in [7, 11) is 1.83. The number of hydrogen-bond donors (Lipinski definition) is 1. The number of nitrogens with one attached hydrogen (secondary N) is 1. The highest BCUT2D eigenvalue weighted by atomic mass is 16.5. The van der Waals surface area contributed by atoms with Gasteiger partial charge < -0.3 is 19.9 Å². The Balaban J connectivity index is 1.72. The topological polar surface area (TPSA) is 61.9 Å². The van der Waals surface area contributed by atoms with Crippen LogP contribution < -0.4 is 5.32 Å². The Hall–Kier alpha value is -2.34. The van der Waals surface area contributed by atoms with Gasteiger partial charge in [0, 0.05) is 32.4 Å². The van der Waals surface area contributed by atoms with E-state index in [0.29, 0.717) is 31.7 Å². The van der Waals surface area contributed by atoms with Crippen molar-refractivity contribution in [2.24, 2.45) is 0 Å². The molecule has 0 radical (unpaired) electrons. The van der Waals surface area contributed by atoms with Gasteiger partial charge in [0.2, 0.25) is 5.91 Å². The molecule has 2 amide bonds. The fourth-order valence-electron chi connectivity index (χ4n) is 4.61. The number of amides is 2. The van der Waals surface area contributed by atoms with Crippen LogP contribution in [-0.4, -0.2) is 66.0 Å². The number of hydrogen-bond acceptors (Lipinski definition) is 4. The van der Waals surface area contributed by atoms with Crippen molar-refractivity contribution in [3.05, 3.63) is 47.2 Å². The standard InChI is InChI=1S/C22H29N3O3/c1-22(2)20-18(21(27)24(22)3)19(16-10-7-13-28-16)25(12-11-23-20)17(26)14-15-8-5-4-6-9-15/h4-6,8-9,16,19,23H,7,10-14H2,1-3H3. The van der Waals surface area contributed by atoms with Gasteiger partial charge in [-0.25, -0.2) is 0 Å². The Morgan fingerprint density at radius 1 is 1.29 bits per heavy atom. The summed E-state index contributed by atoms with van der Waals surface area (Å²) in [4.78, 5) is 30.2. The molecule has 2 atom stereocenters. The van der Waals surface area contributed by atoms with Gasteiger partial charge in [-0.3, -0.25) is 9.59 Å². The summed E-state index contributed by atoms with van der Waals surface area (Å²) in [6, 6.07) is 9.45. The van der Waals surface area contributed by atoms with Crippen LogP contribution >= 0.6 is 0 Å². The molecular formula is C22H29N3O3. The molecule has 1 aromatic carbocycles. The molecule has 6 heteroatoms. The number of rotatable bonds is 3. The molecule has 2 unspecified atom stereocenters. The van der Waals surface area contributed by atoms with E-state index < -0.39 is 5.54 Å². The van der Waals surface area contributed by atoms with Crippen LogP contribution in [-0.2, 0) is 20.7 Å². The van der Waals surface area contributed by atoms with Crippen molar-refractivity contribution in [3.8, 4) is 0 Å². The molecule has 1 fully saturated rings. The Bertz CT molecular complexity index is 797. The predicted molar refractivity (Wildman–Crippen MR) is 106 cm³/mol. The van der Waals surface area contributed by atoms with Gasteiger partial charge >= 0.3 is 0 Å². The lowest BCUT2D eigenvalue weighted by atomic mass is 9.92. The van der Waals surface area contributed by atoms with Crippen molar-refractivity contribution in [2.45, 2.75) is 50.8 Å². The Morgan fingerprint density at radius 3 is 2.71 bits per heavy atom. The summed E-state index contributed by atoms with van der Waals surface area (Å²) in [5, 5.41) is 3.46. The average molecular weight is 383 g/mol. The molecule has 0 aromatic heterocycles. The molecule has 3 aliphatic rings. The van der Waals surface area contributed by atoms with Crippen LogP contribution in [0.2, 0.25) is 0 Å². The van der Waals surface area contributed by atoms with E-state index in [9.17, 15) is 9.59 Å². The smallest absolute Gasteiger partial charge is 0.254 e. The summed E-state index contributed by atoms with van der Waals surface area (Å²) in [6.07, 6.45) is 2.04. The predicted octanol–water partition coefficient (Wildman–Crippen LogP) is 1.71. The summed E-state index contributed by atoms with van der Waals surface area (Å²) < 4.78 is 6.01. The zero-order valence-corrected chi connectivity index (χ0v) is 16.9. The van der Waals surface area contributed by atoms with Crippen molar-refractivity contribution < 1.29 is 14.3 Å². The molecule has 28 heavy (non-hydrogen) atoms. The van der Waals surface area contributed by atoms with Crippen molar-refractivity contribution in [1.82, 2.24) is 15.1 Å². The second-order valence-corrected chi connectivity index (χ2v) is 8.38. The number of benzene rings is 1. The molecule has 3 aliphatic heterocycles. The first-order valence-corrected chi connectivity index (χ1v) is 10.1. The van der Waals surface area contributed by atoms with Crippen molar-refractivity contribution >= 4 is 11.8 Å². The summed E-state index contributed by atoms with van der Waals surface area (Å²) >= 11 is 0. The van der Waals surface area contributed by atoms with Gasteiger partial charge in [0.05, 0.1) is 29.7 Å². The molecule has 1 saturated heterocycles. The molecule has 3 heterocycles. The van der Waals surface area contributed by atoms with Gasteiger partial charge in [0.25, 0.3) is 5.91 Å². The van der Waals surface area contributed by atoms with E-state index in [-0.39, 0.29) is 24.0 Å². The third-order valence-electron chi connectivity index (χ3n) is 6.38. The largest absolute Gasteiger partial charge is 0.384 e. The highest BCUT2D eigenvalue weighted by Crippen LogP contribution is 2.39.